The molecule has 0 saturated carbocycles. The van der Waals surface area contributed by atoms with Crippen LogP contribution in [0.2, 0.25) is 0 Å². The van der Waals surface area contributed by atoms with E-state index in [1.165, 1.54) is 19.2 Å². The van der Waals surface area contributed by atoms with Gasteiger partial charge >= 0.3 is 0 Å². The van der Waals surface area contributed by atoms with Gasteiger partial charge in [-0.2, -0.15) is 0 Å². The molecular weight excluding hydrogens is 380 g/mol. The van der Waals surface area contributed by atoms with E-state index in [2.05, 4.69) is 44.3 Å². The fraction of sp³-hybridized carbons (Fsp3) is 0.409. The molecule has 0 spiro atoms. The van der Waals surface area contributed by atoms with Crippen LogP contribution in [0.5, 0.6) is 11.6 Å². The molecule has 5 heterocycles. The van der Waals surface area contributed by atoms with Crippen LogP contribution in [0.25, 0.3) is 22.5 Å². The van der Waals surface area contributed by atoms with Crippen LogP contribution in [0.15, 0.2) is 43.1 Å². The van der Waals surface area contributed by atoms with Crippen LogP contribution in [0.3, 0.4) is 0 Å². The lowest BCUT2D eigenvalue weighted by atomic mass is 9.86. The minimum absolute atomic E-state index is 0.0232. The molecule has 8 nitrogen and oxygen atoms in total. The monoisotopic (exact) mass is 404 g/mol. The van der Waals surface area contributed by atoms with Crippen molar-refractivity contribution < 1.29 is 9.84 Å². The quantitative estimate of drug-likeness (QED) is 0.683. The predicted octanol–water partition coefficient (Wildman–Crippen LogP) is 3.14. The smallest absolute Gasteiger partial charge is 0.233 e. The van der Waals surface area contributed by atoms with Crippen molar-refractivity contribution in [2.45, 2.75) is 56.7 Å². The van der Waals surface area contributed by atoms with E-state index >= 15 is 0 Å². The van der Waals surface area contributed by atoms with Crippen molar-refractivity contribution in [2.24, 2.45) is 0 Å². The Labute approximate surface area is 174 Å². The first-order chi connectivity index (χ1) is 14.4. The Morgan fingerprint density at radius 3 is 2.37 bits per heavy atom. The van der Waals surface area contributed by atoms with Crippen LogP contribution < -0.4 is 10.1 Å². The Bertz CT molecular complexity index is 1040. The van der Waals surface area contributed by atoms with Gasteiger partial charge in [-0.1, -0.05) is 0 Å². The number of ether oxygens (including phenoxy) is 1. The van der Waals surface area contributed by atoms with Crippen molar-refractivity contribution in [3.05, 3.63) is 43.1 Å². The lowest BCUT2D eigenvalue weighted by Crippen LogP contribution is -2.56. The zero-order valence-electron chi connectivity index (χ0n) is 17.0. The van der Waals surface area contributed by atoms with Crippen molar-refractivity contribution in [2.75, 3.05) is 0 Å². The number of aromatic hydroxyl groups is 1. The molecule has 3 aromatic heterocycles. The number of nitrogens with zero attached hydrogens (tertiary/aromatic N) is 5. The summed E-state index contributed by atoms with van der Waals surface area (Å²) in [6.45, 7) is 4.53. The van der Waals surface area contributed by atoms with Crippen molar-refractivity contribution in [1.82, 2.24) is 30.5 Å². The molecule has 3 aromatic rings. The maximum absolute atomic E-state index is 10.4. The fourth-order valence-corrected chi connectivity index (χ4v) is 4.81. The fourth-order valence-electron chi connectivity index (χ4n) is 4.81. The van der Waals surface area contributed by atoms with Crippen LogP contribution in [-0.4, -0.2) is 47.4 Å². The van der Waals surface area contributed by atoms with Gasteiger partial charge in [-0.15, -0.1) is 10.2 Å². The highest BCUT2D eigenvalue weighted by atomic mass is 16.5. The first-order valence-electron chi connectivity index (χ1n) is 10.2. The zero-order valence-corrected chi connectivity index (χ0v) is 17.0. The number of pyridine rings is 1. The number of piperidine rings is 1. The molecule has 5 rings (SSSR count). The average molecular weight is 404 g/mol. The molecule has 3 atom stereocenters. The molecule has 2 bridgehead atoms. The number of hydrogen-bond acceptors (Lipinski definition) is 8. The molecule has 2 N–H and O–H groups in total. The van der Waals surface area contributed by atoms with Gasteiger partial charge in [0.15, 0.2) is 0 Å². The van der Waals surface area contributed by atoms with Gasteiger partial charge in [0.25, 0.3) is 0 Å². The van der Waals surface area contributed by atoms with Crippen molar-refractivity contribution >= 4 is 0 Å². The molecule has 8 heteroatoms. The van der Waals surface area contributed by atoms with E-state index in [-0.39, 0.29) is 22.9 Å². The number of fused-ring (bicyclic) bond motifs is 2. The van der Waals surface area contributed by atoms with Crippen LogP contribution in [0.1, 0.15) is 39.5 Å². The zero-order chi connectivity index (χ0) is 20.8. The number of nitrogens with one attached hydrogen (secondary N) is 1. The summed E-state index contributed by atoms with van der Waals surface area (Å²) in [5.74, 6) is 0.518. The Hall–Kier alpha value is -3.13. The summed E-state index contributed by atoms with van der Waals surface area (Å²) in [5.41, 5.74) is 2.63. The largest absolute Gasteiger partial charge is 0.506 e. The minimum atomic E-state index is 0.0232. The third kappa shape index (κ3) is 3.59. The molecule has 0 radical (unpaired) electrons. The van der Waals surface area contributed by atoms with Gasteiger partial charge in [0, 0.05) is 59.7 Å². The molecule has 0 aliphatic carbocycles. The van der Waals surface area contributed by atoms with E-state index < -0.39 is 0 Å². The molecule has 2 aliphatic heterocycles. The minimum Gasteiger partial charge on any atom is -0.506 e. The van der Waals surface area contributed by atoms with Gasteiger partial charge in [-0.3, -0.25) is 0 Å². The molecule has 2 fully saturated rings. The summed E-state index contributed by atoms with van der Waals surface area (Å²) >= 11 is 0. The molecule has 0 unspecified atom stereocenters. The van der Waals surface area contributed by atoms with E-state index in [9.17, 15) is 5.11 Å². The standard InChI is InChI=1S/C22H24N6O2/c1-21-5-6-22(2,28-21)9-16(8-21)30-19-4-3-17(26-27-19)20-18(29)7-14(12-25-20)15-10-23-13-24-11-15/h3-4,7,10-13,16,28-29H,5-6,8-9H2,1-2H3/t16-,21+,22-. The molecule has 0 amide bonds. The second-order valence-corrected chi connectivity index (χ2v) is 8.87. The van der Waals surface area contributed by atoms with E-state index in [1.807, 2.05) is 0 Å². The van der Waals surface area contributed by atoms with Gasteiger partial charge in [-0.25, -0.2) is 15.0 Å². The Morgan fingerprint density at radius 1 is 1.00 bits per heavy atom. The summed E-state index contributed by atoms with van der Waals surface area (Å²) in [5, 5.41) is 22.7. The van der Waals surface area contributed by atoms with Gasteiger partial charge in [0.05, 0.1) is 0 Å². The van der Waals surface area contributed by atoms with Crippen LogP contribution in [0.4, 0.5) is 0 Å². The number of hydrogen-bond donors (Lipinski definition) is 2. The topological polar surface area (TPSA) is 106 Å². The van der Waals surface area contributed by atoms with Crippen LogP contribution in [0, 0.1) is 0 Å². The molecule has 2 saturated heterocycles. The SMILES string of the molecule is C[C@]12CC[C@](C)(C[C@H](Oc3ccc(-c4ncc(-c5cncnc5)cc4O)nn3)C1)N2. The Kier molecular flexibility index (Phi) is 4.39. The van der Waals surface area contributed by atoms with Crippen molar-refractivity contribution in [3.63, 3.8) is 0 Å². The van der Waals surface area contributed by atoms with E-state index in [0.717, 1.165) is 24.0 Å². The summed E-state index contributed by atoms with van der Waals surface area (Å²) in [4.78, 5) is 12.3. The van der Waals surface area contributed by atoms with E-state index in [0.29, 0.717) is 17.3 Å². The average Bonchev–Trinajstić information content (AvgIpc) is 2.96. The van der Waals surface area contributed by atoms with Gasteiger partial charge < -0.3 is 15.2 Å². The maximum atomic E-state index is 10.4. The first kappa shape index (κ1) is 18.9. The molecule has 30 heavy (non-hydrogen) atoms. The van der Waals surface area contributed by atoms with E-state index in [4.69, 9.17) is 4.74 Å². The summed E-state index contributed by atoms with van der Waals surface area (Å²) < 4.78 is 6.15. The molecular formula is C22H24N6O2. The highest BCUT2D eigenvalue weighted by Crippen LogP contribution is 2.43. The van der Waals surface area contributed by atoms with Gasteiger partial charge in [0.1, 0.15) is 29.6 Å². The Balaban J connectivity index is 1.32. The number of rotatable bonds is 4. The predicted molar refractivity (Wildman–Crippen MR) is 111 cm³/mol. The second kappa shape index (κ2) is 6.98. The summed E-state index contributed by atoms with van der Waals surface area (Å²) in [6.07, 6.45) is 10.8. The van der Waals surface area contributed by atoms with Crippen molar-refractivity contribution in [3.8, 4) is 34.1 Å². The lowest BCUT2D eigenvalue weighted by molar-refractivity contribution is 0.0754. The Morgan fingerprint density at radius 2 is 1.73 bits per heavy atom. The molecule has 2 aliphatic rings. The molecule has 154 valence electrons. The highest BCUT2D eigenvalue weighted by molar-refractivity contribution is 5.69. The summed E-state index contributed by atoms with van der Waals surface area (Å²) in [7, 11) is 0. The van der Waals surface area contributed by atoms with Gasteiger partial charge in [0.2, 0.25) is 5.88 Å². The lowest BCUT2D eigenvalue weighted by Gasteiger charge is -2.41. The third-order valence-corrected chi connectivity index (χ3v) is 6.12. The molecule has 0 aromatic carbocycles. The number of aromatic nitrogens is 5. The first-order valence-corrected chi connectivity index (χ1v) is 10.2. The summed E-state index contributed by atoms with van der Waals surface area (Å²) in [6, 6.07) is 5.19. The normalized spacial score (nSPS) is 27.7. The maximum Gasteiger partial charge on any atom is 0.233 e. The van der Waals surface area contributed by atoms with Crippen LogP contribution >= 0.6 is 0 Å². The van der Waals surface area contributed by atoms with E-state index in [1.54, 1.807) is 36.8 Å². The van der Waals surface area contributed by atoms with Crippen molar-refractivity contribution in [1.29, 1.82) is 0 Å². The van der Waals surface area contributed by atoms with Gasteiger partial charge in [-0.05, 0) is 38.8 Å². The van der Waals surface area contributed by atoms with Crippen LogP contribution in [-0.2, 0) is 0 Å². The highest BCUT2D eigenvalue weighted by Gasteiger charge is 2.49. The second-order valence-electron chi connectivity index (χ2n) is 8.87. The third-order valence-electron chi connectivity index (χ3n) is 6.12.